The van der Waals surface area contributed by atoms with Crippen molar-refractivity contribution in [1.82, 2.24) is 5.48 Å². The van der Waals surface area contributed by atoms with Crippen LogP contribution in [0, 0.1) is 11.8 Å². The fraction of sp³-hybridized carbons (Fsp3) is 0.857. The lowest BCUT2D eigenvalue weighted by Crippen LogP contribution is -2.32. The van der Waals surface area contributed by atoms with Crippen LogP contribution in [0.4, 0.5) is 0 Å². The van der Waals surface area contributed by atoms with Gasteiger partial charge in [-0.25, -0.2) is 0 Å². The van der Waals surface area contributed by atoms with E-state index in [1.807, 2.05) is 0 Å². The van der Waals surface area contributed by atoms with Crippen LogP contribution in [0.15, 0.2) is 12.2 Å². The monoisotopic (exact) mass is 273 g/mol. The molecule has 112 valence electrons. The number of rotatable bonds is 10. The first-order chi connectivity index (χ1) is 9.24. The first-order valence-electron chi connectivity index (χ1n) is 6.98. The first-order valence-corrected chi connectivity index (χ1v) is 6.98. The Balaban J connectivity index is 1.97. The summed E-state index contributed by atoms with van der Waals surface area (Å²) in [5.74, 6) is 1.24. The Labute approximate surface area is 115 Å². The van der Waals surface area contributed by atoms with Crippen LogP contribution in [0.25, 0.3) is 0 Å². The van der Waals surface area contributed by atoms with E-state index in [4.69, 9.17) is 14.3 Å². The van der Waals surface area contributed by atoms with Gasteiger partial charge >= 0.3 is 0 Å². The zero-order valence-electron chi connectivity index (χ0n) is 12.0. The Morgan fingerprint density at radius 1 is 1.32 bits per heavy atom. The molecule has 0 amide bonds. The molecule has 3 atom stereocenters. The molecule has 1 aliphatic carbocycles. The van der Waals surface area contributed by atoms with Gasteiger partial charge in [0.1, 0.15) is 0 Å². The number of hydrogen-bond acceptors (Lipinski definition) is 5. The van der Waals surface area contributed by atoms with Crippen LogP contribution >= 0.6 is 0 Å². The second-order valence-electron chi connectivity index (χ2n) is 5.06. The van der Waals surface area contributed by atoms with Crippen molar-refractivity contribution in [3.8, 4) is 0 Å². The standard InChI is InChI=1S/C14H27NO4/c1-12-5-3-4-6-13(12)10-18-11-14(16)9-15-19-8-7-17-2/h3-4,12-16H,5-11H2,1-2H3. The molecule has 0 bridgehead atoms. The third kappa shape index (κ3) is 7.64. The van der Waals surface area contributed by atoms with E-state index in [0.717, 1.165) is 12.8 Å². The quantitative estimate of drug-likeness (QED) is 0.355. The van der Waals surface area contributed by atoms with Gasteiger partial charge in [-0.05, 0) is 24.7 Å². The number of allylic oxidation sites excluding steroid dienone is 2. The summed E-state index contributed by atoms with van der Waals surface area (Å²) in [6, 6.07) is 0. The highest BCUT2D eigenvalue weighted by molar-refractivity contribution is 4.93. The zero-order chi connectivity index (χ0) is 13.9. The van der Waals surface area contributed by atoms with Gasteiger partial charge in [0.05, 0.1) is 32.5 Å². The number of nitrogens with one attached hydrogen (secondary N) is 1. The van der Waals surface area contributed by atoms with Gasteiger partial charge < -0.3 is 14.6 Å². The molecule has 5 heteroatoms. The molecule has 0 aliphatic heterocycles. The highest BCUT2D eigenvalue weighted by Crippen LogP contribution is 2.24. The van der Waals surface area contributed by atoms with Crippen LogP contribution in [-0.4, -0.2) is 51.3 Å². The molecule has 19 heavy (non-hydrogen) atoms. The smallest absolute Gasteiger partial charge is 0.0920 e. The Morgan fingerprint density at radius 2 is 2.11 bits per heavy atom. The number of aliphatic hydroxyl groups excluding tert-OH is 1. The maximum absolute atomic E-state index is 9.69. The lowest BCUT2D eigenvalue weighted by molar-refractivity contribution is -0.0346. The molecule has 0 aromatic rings. The first kappa shape index (κ1) is 16.6. The van der Waals surface area contributed by atoms with Crippen LogP contribution in [0.5, 0.6) is 0 Å². The fourth-order valence-electron chi connectivity index (χ4n) is 2.01. The number of aliphatic hydroxyl groups is 1. The molecule has 0 spiro atoms. The number of ether oxygens (including phenoxy) is 2. The van der Waals surface area contributed by atoms with Crippen molar-refractivity contribution in [2.24, 2.45) is 11.8 Å². The SMILES string of the molecule is COCCONCC(O)COCC1CC=CCC1C. The van der Waals surface area contributed by atoms with Gasteiger partial charge in [0, 0.05) is 13.7 Å². The highest BCUT2D eigenvalue weighted by atomic mass is 16.7. The third-order valence-corrected chi connectivity index (χ3v) is 3.37. The summed E-state index contributed by atoms with van der Waals surface area (Å²) in [7, 11) is 1.62. The molecule has 2 N–H and O–H groups in total. The third-order valence-electron chi connectivity index (χ3n) is 3.37. The lowest BCUT2D eigenvalue weighted by Gasteiger charge is -2.25. The van der Waals surface area contributed by atoms with E-state index in [0.29, 0.717) is 44.8 Å². The summed E-state index contributed by atoms with van der Waals surface area (Å²) < 4.78 is 10.4. The topological polar surface area (TPSA) is 60.0 Å². The number of methoxy groups -OCH3 is 1. The van der Waals surface area contributed by atoms with Crippen molar-refractivity contribution >= 4 is 0 Å². The molecule has 0 aromatic heterocycles. The Hall–Kier alpha value is -0.460. The van der Waals surface area contributed by atoms with E-state index in [1.165, 1.54) is 0 Å². The van der Waals surface area contributed by atoms with Crippen molar-refractivity contribution < 1.29 is 19.4 Å². The molecule has 5 nitrogen and oxygen atoms in total. The van der Waals surface area contributed by atoms with Gasteiger partial charge in [0.2, 0.25) is 0 Å². The normalized spacial score (nSPS) is 24.6. The summed E-state index contributed by atoms with van der Waals surface area (Å²) in [5, 5.41) is 9.69. The Morgan fingerprint density at radius 3 is 2.84 bits per heavy atom. The minimum absolute atomic E-state index is 0.341. The van der Waals surface area contributed by atoms with Crippen LogP contribution in [-0.2, 0) is 14.3 Å². The molecule has 0 saturated heterocycles. The van der Waals surface area contributed by atoms with E-state index in [1.54, 1.807) is 7.11 Å². The summed E-state index contributed by atoms with van der Waals surface area (Å²) in [4.78, 5) is 5.06. The summed E-state index contributed by atoms with van der Waals surface area (Å²) >= 11 is 0. The molecule has 0 aromatic carbocycles. The van der Waals surface area contributed by atoms with Crippen molar-refractivity contribution in [3.63, 3.8) is 0 Å². The predicted octanol–water partition coefficient (Wildman–Crippen LogP) is 1.13. The molecule has 1 rings (SSSR count). The van der Waals surface area contributed by atoms with Gasteiger partial charge in [-0.3, -0.25) is 4.84 Å². The van der Waals surface area contributed by atoms with Gasteiger partial charge in [-0.2, -0.15) is 5.48 Å². The maximum atomic E-state index is 9.69. The molecule has 0 fully saturated rings. The number of hydroxylamine groups is 1. The van der Waals surface area contributed by atoms with Crippen LogP contribution in [0.2, 0.25) is 0 Å². The Bertz CT molecular complexity index is 248. The van der Waals surface area contributed by atoms with Gasteiger partial charge in [-0.1, -0.05) is 19.1 Å². The van der Waals surface area contributed by atoms with Crippen LogP contribution in [0.1, 0.15) is 19.8 Å². The van der Waals surface area contributed by atoms with E-state index in [2.05, 4.69) is 24.6 Å². The minimum atomic E-state index is -0.544. The second-order valence-corrected chi connectivity index (χ2v) is 5.06. The fourth-order valence-corrected chi connectivity index (χ4v) is 2.01. The summed E-state index contributed by atoms with van der Waals surface area (Å²) in [6.07, 6.45) is 6.12. The highest BCUT2D eigenvalue weighted by Gasteiger charge is 2.18. The van der Waals surface area contributed by atoms with E-state index in [-0.39, 0.29) is 0 Å². The van der Waals surface area contributed by atoms with Gasteiger partial charge in [0.15, 0.2) is 0 Å². The molecular formula is C14H27NO4. The predicted molar refractivity (Wildman–Crippen MR) is 73.7 cm³/mol. The van der Waals surface area contributed by atoms with Crippen molar-refractivity contribution in [2.45, 2.75) is 25.9 Å². The summed E-state index contributed by atoms with van der Waals surface area (Å²) in [5.41, 5.74) is 2.70. The van der Waals surface area contributed by atoms with E-state index in [9.17, 15) is 5.11 Å². The van der Waals surface area contributed by atoms with Crippen LogP contribution < -0.4 is 5.48 Å². The lowest BCUT2D eigenvalue weighted by atomic mass is 9.85. The average molecular weight is 273 g/mol. The molecule has 3 unspecified atom stereocenters. The molecule has 0 saturated carbocycles. The number of hydrogen-bond donors (Lipinski definition) is 2. The largest absolute Gasteiger partial charge is 0.389 e. The van der Waals surface area contributed by atoms with Crippen molar-refractivity contribution in [2.75, 3.05) is 40.1 Å². The Kier molecular flexibility index (Phi) is 9.03. The maximum Gasteiger partial charge on any atom is 0.0920 e. The van der Waals surface area contributed by atoms with E-state index < -0.39 is 6.10 Å². The van der Waals surface area contributed by atoms with Crippen molar-refractivity contribution in [1.29, 1.82) is 0 Å². The molecule has 0 radical (unpaired) electrons. The summed E-state index contributed by atoms with van der Waals surface area (Å²) in [6.45, 7) is 4.67. The molecule has 0 heterocycles. The van der Waals surface area contributed by atoms with Crippen LogP contribution in [0.3, 0.4) is 0 Å². The van der Waals surface area contributed by atoms with E-state index >= 15 is 0 Å². The van der Waals surface area contributed by atoms with Gasteiger partial charge in [-0.15, -0.1) is 0 Å². The zero-order valence-corrected chi connectivity index (χ0v) is 12.0. The minimum Gasteiger partial charge on any atom is -0.389 e. The van der Waals surface area contributed by atoms with Crippen molar-refractivity contribution in [3.05, 3.63) is 12.2 Å². The van der Waals surface area contributed by atoms with Gasteiger partial charge in [0.25, 0.3) is 0 Å². The molecular weight excluding hydrogens is 246 g/mol. The second kappa shape index (κ2) is 10.3. The average Bonchev–Trinajstić information content (AvgIpc) is 2.41. The molecule has 1 aliphatic rings.